The van der Waals surface area contributed by atoms with Crippen molar-refractivity contribution in [3.63, 3.8) is 0 Å². The van der Waals surface area contributed by atoms with E-state index in [9.17, 15) is 8.42 Å². The highest BCUT2D eigenvalue weighted by atomic mass is 32.2. The van der Waals surface area contributed by atoms with Gasteiger partial charge in [0.05, 0.1) is 35.9 Å². The van der Waals surface area contributed by atoms with Crippen LogP contribution in [0.1, 0.15) is 17.4 Å². The molecule has 0 spiro atoms. The van der Waals surface area contributed by atoms with Crippen molar-refractivity contribution < 1.29 is 17.9 Å². The number of nitrogens with zero attached hydrogens (tertiary/aromatic N) is 3. The minimum absolute atomic E-state index is 0.173. The van der Waals surface area contributed by atoms with E-state index in [0.29, 0.717) is 47.8 Å². The van der Waals surface area contributed by atoms with Crippen molar-refractivity contribution in [2.45, 2.75) is 17.5 Å². The highest BCUT2D eigenvalue weighted by molar-refractivity contribution is 7.89. The second-order valence-electron chi connectivity index (χ2n) is 7.60. The predicted octanol–water partition coefficient (Wildman–Crippen LogP) is 3.26. The molecule has 2 aromatic carbocycles. The third-order valence-corrected chi connectivity index (χ3v) is 6.78. The van der Waals surface area contributed by atoms with Gasteiger partial charge in [0.25, 0.3) is 0 Å². The Kier molecular flexibility index (Phi) is 6.10. The van der Waals surface area contributed by atoms with Crippen LogP contribution in [0.15, 0.2) is 78.0 Å². The lowest BCUT2D eigenvalue weighted by atomic mass is 10.1. The molecule has 33 heavy (non-hydrogen) atoms. The van der Waals surface area contributed by atoms with Crippen LogP contribution in [0.4, 0.5) is 0 Å². The minimum atomic E-state index is -3.70. The summed E-state index contributed by atoms with van der Waals surface area (Å²) in [5.74, 6) is 0. The molecule has 0 saturated carbocycles. The first-order valence-electron chi connectivity index (χ1n) is 10.6. The van der Waals surface area contributed by atoms with Crippen molar-refractivity contribution in [1.82, 2.24) is 19.7 Å². The van der Waals surface area contributed by atoms with Crippen LogP contribution in [-0.4, -0.2) is 43.2 Å². The van der Waals surface area contributed by atoms with Crippen molar-refractivity contribution in [3.8, 4) is 11.3 Å². The van der Waals surface area contributed by atoms with Gasteiger partial charge < -0.3 is 9.47 Å². The van der Waals surface area contributed by atoms with Gasteiger partial charge in [0.15, 0.2) is 0 Å². The number of fused-ring (bicyclic) bond motifs is 1. The quantitative estimate of drug-likeness (QED) is 0.469. The molecule has 0 amide bonds. The third kappa shape index (κ3) is 4.76. The van der Waals surface area contributed by atoms with Gasteiger partial charge in [-0.2, -0.15) is 0 Å². The number of hydrogen-bond acceptors (Lipinski definition) is 7. The molecule has 4 aromatic rings. The van der Waals surface area contributed by atoms with Crippen molar-refractivity contribution in [1.29, 1.82) is 0 Å². The third-order valence-electron chi connectivity index (χ3n) is 5.38. The lowest BCUT2D eigenvalue weighted by Crippen LogP contribution is -2.23. The van der Waals surface area contributed by atoms with E-state index in [-0.39, 0.29) is 17.5 Å². The summed E-state index contributed by atoms with van der Waals surface area (Å²) in [5.41, 5.74) is 4.14. The number of benzene rings is 2. The molecule has 168 valence electrons. The van der Waals surface area contributed by atoms with E-state index < -0.39 is 10.0 Å². The molecule has 9 heteroatoms. The Bertz CT molecular complexity index is 1370. The van der Waals surface area contributed by atoms with E-state index in [1.165, 1.54) is 6.33 Å². The number of aromatic nitrogens is 3. The van der Waals surface area contributed by atoms with E-state index in [1.54, 1.807) is 18.2 Å². The van der Waals surface area contributed by atoms with E-state index in [0.717, 1.165) is 5.56 Å². The van der Waals surface area contributed by atoms with Crippen LogP contribution >= 0.6 is 0 Å². The standard InChI is InChI=1S/C24H22N4O4S/c29-33(30,27-14-17-5-2-1-3-6-17)19-8-4-7-18(13-19)20-9-10-21-23(28-20)24(26-16-25-21)22-15-31-11-12-32-22/h1-10,13,16,22,27H,11-12,14-15H2. The van der Waals surface area contributed by atoms with Crippen LogP contribution in [-0.2, 0) is 26.0 Å². The summed E-state index contributed by atoms with van der Waals surface area (Å²) in [4.78, 5) is 13.6. The Hall–Kier alpha value is -3.24. The van der Waals surface area contributed by atoms with E-state index >= 15 is 0 Å². The summed E-state index contributed by atoms with van der Waals surface area (Å²) in [6.07, 6.45) is 1.17. The van der Waals surface area contributed by atoms with Gasteiger partial charge in [0.2, 0.25) is 10.0 Å². The highest BCUT2D eigenvalue weighted by Crippen LogP contribution is 2.28. The minimum Gasteiger partial charge on any atom is -0.376 e. The van der Waals surface area contributed by atoms with Crippen molar-refractivity contribution in [2.24, 2.45) is 0 Å². The number of nitrogens with one attached hydrogen (secondary N) is 1. The Morgan fingerprint density at radius 1 is 0.970 bits per heavy atom. The van der Waals surface area contributed by atoms with Gasteiger partial charge in [-0.15, -0.1) is 0 Å². The first kappa shape index (κ1) is 21.6. The zero-order valence-electron chi connectivity index (χ0n) is 17.7. The van der Waals surface area contributed by atoms with Gasteiger partial charge in [-0.1, -0.05) is 42.5 Å². The SMILES string of the molecule is O=S(=O)(NCc1ccccc1)c1cccc(-c2ccc3ncnc(C4COCCO4)c3n2)c1. The molecule has 0 bridgehead atoms. The van der Waals surface area contributed by atoms with E-state index in [2.05, 4.69) is 14.7 Å². The lowest BCUT2D eigenvalue weighted by molar-refractivity contribution is -0.0912. The van der Waals surface area contributed by atoms with E-state index in [1.807, 2.05) is 48.5 Å². The van der Waals surface area contributed by atoms with Gasteiger partial charge >= 0.3 is 0 Å². The number of pyridine rings is 1. The first-order valence-corrected chi connectivity index (χ1v) is 12.0. The number of ether oxygens (including phenoxy) is 2. The average Bonchev–Trinajstić information content (AvgIpc) is 2.88. The van der Waals surface area contributed by atoms with Crippen LogP contribution in [0.3, 0.4) is 0 Å². The summed E-state index contributed by atoms with van der Waals surface area (Å²) in [5, 5.41) is 0. The Morgan fingerprint density at radius 2 is 1.85 bits per heavy atom. The van der Waals surface area contributed by atoms with E-state index in [4.69, 9.17) is 14.5 Å². The molecule has 8 nitrogen and oxygen atoms in total. The second-order valence-corrected chi connectivity index (χ2v) is 9.36. The lowest BCUT2D eigenvalue weighted by Gasteiger charge is -2.22. The van der Waals surface area contributed by atoms with Crippen LogP contribution < -0.4 is 4.72 Å². The maximum Gasteiger partial charge on any atom is 0.240 e. The van der Waals surface area contributed by atoms with Gasteiger partial charge in [-0.05, 0) is 29.8 Å². The molecule has 1 fully saturated rings. The van der Waals surface area contributed by atoms with Crippen LogP contribution in [0.25, 0.3) is 22.3 Å². The van der Waals surface area contributed by atoms with Crippen molar-refractivity contribution in [2.75, 3.05) is 19.8 Å². The van der Waals surface area contributed by atoms with Crippen LogP contribution in [0.2, 0.25) is 0 Å². The molecule has 1 aliphatic heterocycles. The Labute approximate surface area is 191 Å². The van der Waals surface area contributed by atoms with Gasteiger partial charge in [-0.25, -0.2) is 28.1 Å². The van der Waals surface area contributed by atoms with Crippen molar-refractivity contribution >= 4 is 21.1 Å². The molecule has 1 N–H and O–H groups in total. The Morgan fingerprint density at radius 3 is 2.67 bits per heavy atom. The molecule has 5 rings (SSSR count). The molecule has 3 heterocycles. The predicted molar refractivity (Wildman–Crippen MR) is 123 cm³/mol. The molecular formula is C24H22N4O4S. The molecule has 0 radical (unpaired) electrons. The fraction of sp³-hybridized carbons (Fsp3) is 0.208. The van der Waals surface area contributed by atoms with Crippen LogP contribution in [0, 0.1) is 0 Å². The summed E-state index contributed by atoms with van der Waals surface area (Å²) in [6, 6.07) is 19.8. The van der Waals surface area contributed by atoms with Gasteiger partial charge in [-0.3, -0.25) is 0 Å². The number of sulfonamides is 1. The molecule has 2 aromatic heterocycles. The molecule has 0 aliphatic carbocycles. The topological polar surface area (TPSA) is 103 Å². The summed E-state index contributed by atoms with van der Waals surface area (Å²) in [7, 11) is -3.70. The fourth-order valence-corrected chi connectivity index (χ4v) is 4.74. The average molecular weight is 463 g/mol. The molecule has 1 saturated heterocycles. The summed E-state index contributed by atoms with van der Waals surface area (Å²) < 4.78 is 39.7. The maximum atomic E-state index is 12.9. The van der Waals surface area contributed by atoms with Gasteiger partial charge in [0, 0.05) is 12.1 Å². The van der Waals surface area contributed by atoms with Crippen molar-refractivity contribution in [3.05, 3.63) is 84.3 Å². The zero-order chi connectivity index (χ0) is 22.7. The normalized spacial score (nSPS) is 16.7. The monoisotopic (exact) mass is 462 g/mol. The molecule has 1 atom stereocenters. The number of hydrogen-bond donors (Lipinski definition) is 1. The largest absolute Gasteiger partial charge is 0.376 e. The highest BCUT2D eigenvalue weighted by Gasteiger charge is 2.22. The maximum absolute atomic E-state index is 12.9. The second kappa shape index (κ2) is 9.32. The zero-order valence-corrected chi connectivity index (χ0v) is 18.5. The molecular weight excluding hydrogens is 440 g/mol. The van der Waals surface area contributed by atoms with Crippen LogP contribution in [0.5, 0.6) is 0 Å². The first-order chi connectivity index (χ1) is 16.1. The Balaban J connectivity index is 1.46. The smallest absolute Gasteiger partial charge is 0.240 e. The van der Waals surface area contributed by atoms with Gasteiger partial charge in [0.1, 0.15) is 23.6 Å². The molecule has 1 aliphatic rings. The summed E-state index contributed by atoms with van der Waals surface area (Å²) >= 11 is 0. The molecule has 1 unspecified atom stereocenters. The summed E-state index contributed by atoms with van der Waals surface area (Å²) in [6.45, 7) is 1.66. The number of rotatable bonds is 6. The fourth-order valence-electron chi connectivity index (χ4n) is 3.68.